The van der Waals surface area contributed by atoms with Crippen molar-refractivity contribution in [3.05, 3.63) is 12.2 Å². The molecular formula is C22H40N4O6. The summed E-state index contributed by atoms with van der Waals surface area (Å²) in [6, 6.07) is -1.02. The Morgan fingerprint density at radius 1 is 0.625 bits per heavy atom. The zero-order valence-corrected chi connectivity index (χ0v) is 21.1. The van der Waals surface area contributed by atoms with Gasteiger partial charge in [0.2, 0.25) is 0 Å². The Hall–Kier alpha value is -2.78. The smallest absolute Gasteiger partial charge is 0.331 e. The molecule has 10 nitrogen and oxygen atoms in total. The molecule has 2 atom stereocenters. The molecule has 4 amide bonds. The molecule has 0 saturated heterocycles. The summed E-state index contributed by atoms with van der Waals surface area (Å²) in [6.45, 7) is 7.70. The van der Waals surface area contributed by atoms with E-state index >= 15 is 0 Å². The molecule has 0 aliphatic heterocycles. The highest BCUT2D eigenvalue weighted by molar-refractivity contribution is 5.91. The quantitative estimate of drug-likeness (QED) is 0.368. The van der Waals surface area contributed by atoms with Crippen molar-refractivity contribution in [2.24, 2.45) is 11.8 Å². The number of urea groups is 2. The average molecular weight is 457 g/mol. The van der Waals surface area contributed by atoms with E-state index in [9.17, 15) is 19.2 Å². The molecule has 32 heavy (non-hydrogen) atoms. The minimum atomic E-state index is -0.710. The zero-order valence-electron chi connectivity index (χ0n) is 21.1. The van der Waals surface area contributed by atoms with Gasteiger partial charge in [0.15, 0.2) is 0 Å². The summed E-state index contributed by atoms with van der Waals surface area (Å²) in [5, 5.41) is 0. The third-order valence-electron chi connectivity index (χ3n) is 5.05. The van der Waals surface area contributed by atoms with Gasteiger partial charge in [-0.25, -0.2) is 19.2 Å². The monoisotopic (exact) mass is 456 g/mol. The minimum Gasteiger partial charge on any atom is -0.460 e. The second-order valence-corrected chi connectivity index (χ2v) is 8.79. The molecule has 0 N–H and O–H groups in total. The molecule has 0 bridgehead atoms. The van der Waals surface area contributed by atoms with Gasteiger partial charge in [-0.3, -0.25) is 0 Å². The summed E-state index contributed by atoms with van der Waals surface area (Å²) < 4.78 is 10.4. The first kappa shape index (κ1) is 29.2. The van der Waals surface area contributed by atoms with Crippen LogP contribution >= 0.6 is 0 Å². The van der Waals surface area contributed by atoms with Crippen LogP contribution in [0.4, 0.5) is 9.59 Å². The van der Waals surface area contributed by atoms with Crippen molar-refractivity contribution < 1.29 is 28.7 Å². The molecular weight excluding hydrogens is 416 g/mol. The van der Waals surface area contributed by atoms with Gasteiger partial charge in [0, 0.05) is 54.4 Å². The van der Waals surface area contributed by atoms with Crippen LogP contribution < -0.4 is 0 Å². The first-order valence-electron chi connectivity index (χ1n) is 10.6. The summed E-state index contributed by atoms with van der Waals surface area (Å²) in [5.74, 6) is -1.31. The molecule has 0 heterocycles. The van der Waals surface area contributed by atoms with Crippen molar-refractivity contribution in [2.45, 2.75) is 39.8 Å². The molecule has 0 fully saturated rings. The molecule has 0 aliphatic rings. The fourth-order valence-corrected chi connectivity index (χ4v) is 2.98. The first-order valence-corrected chi connectivity index (χ1v) is 10.6. The van der Waals surface area contributed by atoms with E-state index in [1.165, 1.54) is 19.6 Å². The van der Waals surface area contributed by atoms with Crippen LogP contribution in [0.2, 0.25) is 0 Å². The van der Waals surface area contributed by atoms with Crippen molar-refractivity contribution in [1.29, 1.82) is 0 Å². The molecule has 0 rings (SSSR count). The van der Waals surface area contributed by atoms with Gasteiger partial charge in [-0.05, 0) is 11.8 Å². The molecule has 0 spiro atoms. The number of carbonyl (C=O) groups is 4. The van der Waals surface area contributed by atoms with Crippen molar-refractivity contribution >= 4 is 24.0 Å². The van der Waals surface area contributed by atoms with Crippen LogP contribution in [-0.4, -0.2) is 111 Å². The second-order valence-electron chi connectivity index (χ2n) is 8.79. The predicted molar refractivity (Wildman–Crippen MR) is 122 cm³/mol. The third kappa shape index (κ3) is 9.57. The number of ether oxygens (including phenoxy) is 2. The highest BCUT2D eigenvalue weighted by Gasteiger charge is 2.26. The predicted octanol–water partition coefficient (Wildman–Crippen LogP) is 1.91. The van der Waals surface area contributed by atoms with Gasteiger partial charge in [-0.1, -0.05) is 27.7 Å². The van der Waals surface area contributed by atoms with Crippen LogP contribution in [0.15, 0.2) is 12.2 Å². The van der Waals surface area contributed by atoms with Gasteiger partial charge in [-0.2, -0.15) is 0 Å². The van der Waals surface area contributed by atoms with Crippen LogP contribution in [0.5, 0.6) is 0 Å². The van der Waals surface area contributed by atoms with Crippen molar-refractivity contribution in [3.8, 4) is 0 Å². The topological polar surface area (TPSA) is 99.7 Å². The SMILES string of the molecule is CC(C)[C@@H](COC(=O)/C=C/C(=O)OC[C@H](C(C)C)N(C)C(=O)N(C)C)N(C)C(=O)N(C)C. The fourth-order valence-electron chi connectivity index (χ4n) is 2.98. The van der Waals surface area contributed by atoms with Crippen molar-refractivity contribution in [3.63, 3.8) is 0 Å². The molecule has 0 aliphatic carbocycles. The molecule has 10 heteroatoms. The summed E-state index contributed by atoms with van der Waals surface area (Å²) in [6.07, 6.45) is 1.99. The van der Waals surface area contributed by atoms with Crippen LogP contribution in [0, 0.1) is 11.8 Å². The zero-order chi connectivity index (χ0) is 25.2. The highest BCUT2D eigenvalue weighted by Crippen LogP contribution is 2.13. The number of carbonyl (C=O) groups excluding carboxylic acids is 4. The van der Waals surface area contributed by atoms with Gasteiger partial charge in [0.05, 0.1) is 12.1 Å². The maximum Gasteiger partial charge on any atom is 0.331 e. The Balaban J connectivity index is 4.81. The molecule has 0 aromatic rings. The summed E-state index contributed by atoms with van der Waals surface area (Å²) in [5.41, 5.74) is 0. The Labute approximate surface area is 192 Å². The molecule has 0 aromatic heterocycles. The van der Waals surface area contributed by atoms with Gasteiger partial charge in [0.25, 0.3) is 0 Å². The van der Waals surface area contributed by atoms with E-state index in [1.807, 2.05) is 27.7 Å². The Kier molecular flexibility index (Phi) is 12.4. The fraction of sp³-hybridized carbons (Fsp3) is 0.727. The minimum absolute atomic E-state index is 0.00116. The van der Waals surface area contributed by atoms with E-state index in [0.717, 1.165) is 12.2 Å². The van der Waals surface area contributed by atoms with E-state index in [4.69, 9.17) is 9.47 Å². The average Bonchev–Trinajstić information content (AvgIpc) is 2.70. The van der Waals surface area contributed by atoms with E-state index in [2.05, 4.69) is 0 Å². The van der Waals surface area contributed by atoms with Crippen LogP contribution in [0.3, 0.4) is 0 Å². The van der Waals surface area contributed by atoms with Crippen LogP contribution in [0.25, 0.3) is 0 Å². The molecule has 0 aromatic carbocycles. The van der Waals surface area contributed by atoms with E-state index in [-0.39, 0.29) is 49.2 Å². The van der Waals surface area contributed by atoms with E-state index in [0.29, 0.717) is 0 Å². The number of nitrogens with zero attached hydrogens (tertiary/aromatic N) is 4. The third-order valence-corrected chi connectivity index (χ3v) is 5.05. The normalized spacial score (nSPS) is 13.0. The lowest BCUT2D eigenvalue weighted by Crippen LogP contribution is -2.47. The highest BCUT2D eigenvalue weighted by atomic mass is 16.5. The summed E-state index contributed by atoms with van der Waals surface area (Å²) in [4.78, 5) is 54.3. The molecule has 0 radical (unpaired) electrons. The van der Waals surface area contributed by atoms with E-state index in [1.54, 1.807) is 42.3 Å². The summed E-state index contributed by atoms with van der Waals surface area (Å²) in [7, 11) is 9.89. The van der Waals surface area contributed by atoms with Gasteiger partial charge in [-0.15, -0.1) is 0 Å². The van der Waals surface area contributed by atoms with Crippen molar-refractivity contribution in [2.75, 3.05) is 55.5 Å². The van der Waals surface area contributed by atoms with E-state index < -0.39 is 11.9 Å². The molecule has 0 saturated carbocycles. The largest absolute Gasteiger partial charge is 0.460 e. The lowest BCUT2D eigenvalue weighted by atomic mass is 10.0. The van der Waals surface area contributed by atoms with Crippen LogP contribution in [0.1, 0.15) is 27.7 Å². The lowest BCUT2D eigenvalue weighted by molar-refractivity contribution is -0.142. The second kappa shape index (κ2) is 13.6. The van der Waals surface area contributed by atoms with Crippen LogP contribution in [-0.2, 0) is 19.1 Å². The van der Waals surface area contributed by atoms with Gasteiger partial charge in [0.1, 0.15) is 13.2 Å². The number of hydrogen-bond acceptors (Lipinski definition) is 6. The first-order chi connectivity index (χ1) is 14.7. The molecule has 184 valence electrons. The number of esters is 2. The van der Waals surface area contributed by atoms with Gasteiger partial charge >= 0.3 is 24.0 Å². The summed E-state index contributed by atoms with van der Waals surface area (Å²) >= 11 is 0. The number of amides is 4. The number of hydrogen-bond donors (Lipinski definition) is 0. The van der Waals surface area contributed by atoms with Gasteiger partial charge < -0.3 is 29.1 Å². The number of likely N-dealkylation sites (N-methyl/N-ethyl adjacent to an activating group) is 2. The maximum absolute atomic E-state index is 12.2. The standard InChI is InChI=1S/C22H40N4O6/c1-15(2)17(25(9)21(29)23(5)6)13-31-19(27)11-12-20(28)32-14-18(16(3)4)26(10)22(30)24(7)8/h11-12,15-18H,13-14H2,1-10H3/b12-11+/t17-,18-/m1/s1. The lowest BCUT2D eigenvalue weighted by Gasteiger charge is -2.32. The maximum atomic E-state index is 12.2. The number of rotatable bonds is 10. The Morgan fingerprint density at radius 3 is 1.12 bits per heavy atom. The molecule has 0 unspecified atom stereocenters. The van der Waals surface area contributed by atoms with Crippen molar-refractivity contribution in [1.82, 2.24) is 19.6 Å². The Bertz CT molecular complexity index is 619. The Morgan fingerprint density at radius 2 is 0.906 bits per heavy atom.